The summed E-state index contributed by atoms with van der Waals surface area (Å²) in [6, 6.07) is 0. The Labute approximate surface area is 198 Å². The zero-order valence-corrected chi connectivity index (χ0v) is 21.2. The average molecular weight is 463 g/mol. The molecule has 4 saturated carbocycles. The van der Waals surface area contributed by atoms with E-state index in [1.54, 1.807) is 7.11 Å². The zero-order valence-electron chi connectivity index (χ0n) is 21.2. The van der Waals surface area contributed by atoms with Gasteiger partial charge in [0.25, 0.3) is 0 Å². The molecule has 0 aromatic rings. The Balaban J connectivity index is 1.72. The molecule has 4 fully saturated rings. The number of ketones is 1. The van der Waals surface area contributed by atoms with Gasteiger partial charge in [-0.2, -0.15) is 0 Å². The molecule has 0 saturated heterocycles. The maximum absolute atomic E-state index is 12.4. The van der Waals surface area contributed by atoms with Crippen molar-refractivity contribution in [3.63, 3.8) is 0 Å². The zero-order chi connectivity index (χ0) is 24.1. The molecule has 33 heavy (non-hydrogen) atoms. The predicted molar refractivity (Wildman–Crippen MR) is 123 cm³/mol. The fraction of sp³-hybridized carbons (Fsp3) is 0.889. The number of rotatable bonds is 5. The molecule has 0 radical (unpaired) electrons. The van der Waals surface area contributed by atoms with Crippen molar-refractivity contribution in [1.82, 2.24) is 0 Å². The van der Waals surface area contributed by atoms with E-state index < -0.39 is 0 Å². The monoisotopic (exact) mass is 462 g/mol. The second-order valence-corrected chi connectivity index (χ2v) is 11.9. The number of Topliss-reactive ketones (excluding diaryl/α,β-unsaturated/α-hetero) is 1. The topological polar surface area (TPSA) is 78.9 Å². The van der Waals surface area contributed by atoms with Crippen LogP contribution in [-0.2, 0) is 28.6 Å². The van der Waals surface area contributed by atoms with Crippen LogP contribution in [-0.4, -0.2) is 43.6 Å². The van der Waals surface area contributed by atoms with E-state index in [2.05, 4.69) is 20.8 Å². The van der Waals surface area contributed by atoms with Gasteiger partial charge in [-0.3, -0.25) is 14.4 Å². The van der Waals surface area contributed by atoms with Crippen LogP contribution in [0.1, 0.15) is 79.6 Å². The highest BCUT2D eigenvalue weighted by molar-refractivity contribution is 5.80. The lowest BCUT2D eigenvalue weighted by atomic mass is 9.42. The summed E-state index contributed by atoms with van der Waals surface area (Å²) in [6.07, 6.45) is 5.89. The van der Waals surface area contributed by atoms with Crippen molar-refractivity contribution in [2.24, 2.45) is 46.3 Å². The van der Waals surface area contributed by atoms with Crippen molar-refractivity contribution in [3.8, 4) is 0 Å². The SMILES string of the molecule is COC[C@H](OC(C)=O)[C@H]1C[C@H](OC(C)=O)[C@@]2(C)CC[C@H]3[C@@H](CC[C@H]4CC(=O)C[C@H](C)[C@@]43C)[C@H]12. The molecule has 0 amide bonds. The summed E-state index contributed by atoms with van der Waals surface area (Å²) in [7, 11) is 1.64. The fourth-order valence-electron chi connectivity index (χ4n) is 8.99. The second kappa shape index (κ2) is 8.98. The summed E-state index contributed by atoms with van der Waals surface area (Å²) < 4.78 is 17.2. The molecule has 0 aromatic heterocycles. The molecule has 186 valence electrons. The molecule has 4 aliphatic carbocycles. The van der Waals surface area contributed by atoms with E-state index in [4.69, 9.17) is 14.2 Å². The van der Waals surface area contributed by atoms with Gasteiger partial charge in [0, 0.05) is 45.1 Å². The second-order valence-electron chi connectivity index (χ2n) is 11.9. The number of esters is 2. The van der Waals surface area contributed by atoms with Crippen molar-refractivity contribution >= 4 is 17.7 Å². The van der Waals surface area contributed by atoms with E-state index in [-0.39, 0.29) is 40.9 Å². The van der Waals surface area contributed by atoms with E-state index in [0.29, 0.717) is 54.8 Å². The molecular formula is C27H42O6. The molecule has 0 unspecified atom stereocenters. The van der Waals surface area contributed by atoms with E-state index in [9.17, 15) is 14.4 Å². The van der Waals surface area contributed by atoms with Crippen molar-refractivity contribution in [1.29, 1.82) is 0 Å². The summed E-state index contributed by atoms with van der Waals surface area (Å²) in [4.78, 5) is 36.4. The Kier molecular flexibility index (Phi) is 6.71. The van der Waals surface area contributed by atoms with E-state index in [1.165, 1.54) is 13.8 Å². The maximum atomic E-state index is 12.4. The average Bonchev–Trinajstić information content (AvgIpc) is 3.00. The Morgan fingerprint density at radius 2 is 1.82 bits per heavy atom. The number of hydrogen-bond donors (Lipinski definition) is 0. The summed E-state index contributed by atoms with van der Waals surface area (Å²) in [6.45, 7) is 10.3. The Bertz CT molecular complexity index is 793. The van der Waals surface area contributed by atoms with Crippen LogP contribution in [0.25, 0.3) is 0 Å². The quantitative estimate of drug-likeness (QED) is 0.557. The Hall–Kier alpha value is -1.43. The largest absolute Gasteiger partial charge is 0.462 e. The minimum atomic E-state index is -0.341. The van der Waals surface area contributed by atoms with Gasteiger partial charge in [0.2, 0.25) is 0 Å². The van der Waals surface area contributed by atoms with Gasteiger partial charge in [-0.05, 0) is 67.1 Å². The smallest absolute Gasteiger partial charge is 0.302 e. The summed E-state index contributed by atoms with van der Waals surface area (Å²) in [5.74, 6) is 2.13. The first-order valence-electron chi connectivity index (χ1n) is 12.9. The van der Waals surface area contributed by atoms with Crippen LogP contribution in [0.2, 0.25) is 0 Å². The first-order chi connectivity index (χ1) is 15.5. The standard InChI is InChI=1S/C27H42O6/c1-15-11-19(30)12-18-7-8-20-22(27(15,18)5)9-10-26(4)24(33-17(3)29)13-21(25(20)26)23(14-31-6)32-16(2)28/h15,18,20-25H,7-14H2,1-6H3/t15-,18-,20+,21+,22-,23-,24-,25+,26+,27-/m0/s1. The van der Waals surface area contributed by atoms with Gasteiger partial charge in [-0.15, -0.1) is 0 Å². The highest BCUT2D eigenvalue weighted by Gasteiger charge is 2.66. The molecule has 4 aliphatic rings. The number of fused-ring (bicyclic) bond motifs is 5. The van der Waals surface area contributed by atoms with Crippen LogP contribution in [0, 0.1) is 46.3 Å². The van der Waals surface area contributed by atoms with Crippen molar-refractivity contribution in [2.75, 3.05) is 13.7 Å². The molecular weight excluding hydrogens is 420 g/mol. The van der Waals surface area contributed by atoms with Crippen LogP contribution >= 0.6 is 0 Å². The highest BCUT2D eigenvalue weighted by atomic mass is 16.6. The lowest BCUT2D eigenvalue weighted by Crippen LogP contribution is -2.58. The number of hydrogen-bond acceptors (Lipinski definition) is 6. The minimum Gasteiger partial charge on any atom is -0.462 e. The van der Waals surface area contributed by atoms with Crippen LogP contribution in [0.5, 0.6) is 0 Å². The first-order valence-corrected chi connectivity index (χ1v) is 12.9. The normalized spacial score (nSPS) is 45.4. The molecule has 0 spiro atoms. The number of carbonyl (C=O) groups excluding carboxylic acids is 3. The number of methoxy groups -OCH3 is 1. The molecule has 10 atom stereocenters. The van der Waals surface area contributed by atoms with Crippen LogP contribution in [0.15, 0.2) is 0 Å². The van der Waals surface area contributed by atoms with Crippen LogP contribution in [0.3, 0.4) is 0 Å². The molecule has 0 N–H and O–H groups in total. The molecule has 0 aromatic carbocycles. The van der Waals surface area contributed by atoms with Gasteiger partial charge < -0.3 is 14.2 Å². The third-order valence-electron chi connectivity index (χ3n) is 10.4. The predicted octanol–water partition coefficient (Wildman–Crippen LogP) is 4.58. The van der Waals surface area contributed by atoms with Crippen molar-refractivity contribution in [2.45, 2.75) is 91.8 Å². The molecule has 0 heterocycles. The molecule has 4 rings (SSSR count). The van der Waals surface area contributed by atoms with Gasteiger partial charge in [0.1, 0.15) is 18.0 Å². The summed E-state index contributed by atoms with van der Waals surface area (Å²) in [5, 5.41) is 0. The van der Waals surface area contributed by atoms with E-state index >= 15 is 0 Å². The van der Waals surface area contributed by atoms with E-state index in [1.807, 2.05) is 0 Å². The van der Waals surface area contributed by atoms with Gasteiger partial charge in [0.05, 0.1) is 6.61 Å². The third-order valence-corrected chi connectivity index (χ3v) is 10.4. The van der Waals surface area contributed by atoms with Gasteiger partial charge in [-0.1, -0.05) is 20.8 Å². The minimum absolute atomic E-state index is 0.0941. The summed E-state index contributed by atoms with van der Waals surface area (Å²) >= 11 is 0. The number of ether oxygens (including phenoxy) is 3. The highest BCUT2D eigenvalue weighted by Crippen LogP contribution is 2.69. The van der Waals surface area contributed by atoms with E-state index in [0.717, 1.165) is 32.1 Å². The van der Waals surface area contributed by atoms with Gasteiger partial charge >= 0.3 is 11.9 Å². The summed E-state index contributed by atoms with van der Waals surface area (Å²) in [5.41, 5.74) is 0.0149. The lowest BCUT2D eigenvalue weighted by Gasteiger charge is -2.62. The lowest BCUT2D eigenvalue weighted by molar-refractivity contribution is -0.174. The first kappa shape index (κ1) is 24.7. The van der Waals surface area contributed by atoms with Crippen molar-refractivity contribution < 1.29 is 28.6 Å². The van der Waals surface area contributed by atoms with Crippen molar-refractivity contribution in [3.05, 3.63) is 0 Å². The Morgan fingerprint density at radius 3 is 2.45 bits per heavy atom. The Morgan fingerprint density at radius 1 is 1.09 bits per heavy atom. The van der Waals surface area contributed by atoms with Gasteiger partial charge in [0.15, 0.2) is 0 Å². The maximum Gasteiger partial charge on any atom is 0.302 e. The van der Waals surface area contributed by atoms with Gasteiger partial charge in [-0.25, -0.2) is 0 Å². The van der Waals surface area contributed by atoms with Crippen LogP contribution in [0.4, 0.5) is 0 Å². The third kappa shape index (κ3) is 4.04. The molecule has 0 aliphatic heterocycles. The van der Waals surface area contributed by atoms with Crippen LogP contribution < -0.4 is 0 Å². The fourth-order valence-corrected chi connectivity index (χ4v) is 8.99. The molecule has 6 heteroatoms. The molecule has 0 bridgehead atoms. The number of carbonyl (C=O) groups is 3. The molecule has 6 nitrogen and oxygen atoms in total.